The Morgan fingerprint density at radius 2 is 1.80 bits per heavy atom. The molecule has 6 nitrogen and oxygen atoms in total. The molecule has 1 aliphatic carbocycles. The molecule has 0 atom stereocenters. The van der Waals surface area contributed by atoms with Crippen LogP contribution in [0.1, 0.15) is 32.1 Å². The fourth-order valence-electron chi connectivity index (χ4n) is 3.24. The van der Waals surface area contributed by atoms with Gasteiger partial charge in [0.2, 0.25) is 15.9 Å². The Morgan fingerprint density at radius 1 is 1.16 bits per heavy atom. The van der Waals surface area contributed by atoms with Crippen molar-refractivity contribution in [1.82, 2.24) is 5.32 Å². The first kappa shape index (κ1) is 18.0. The molecule has 7 heteroatoms. The van der Waals surface area contributed by atoms with Crippen LogP contribution in [0, 0.1) is 5.92 Å². The Morgan fingerprint density at radius 3 is 2.36 bits per heavy atom. The number of carbonyl (C=O) groups is 1. The summed E-state index contributed by atoms with van der Waals surface area (Å²) >= 11 is 0. The number of sulfonamides is 1. The molecule has 25 heavy (non-hydrogen) atoms. The lowest BCUT2D eigenvalue weighted by Crippen LogP contribution is -2.38. The Balaban J connectivity index is 1.64. The minimum Gasteiger partial charge on any atom is -0.372 e. The fourth-order valence-corrected chi connectivity index (χ4v) is 4.17. The van der Waals surface area contributed by atoms with Crippen molar-refractivity contribution in [3.8, 4) is 0 Å². The van der Waals surface area contributed by atoms with Crippen LogP contribution >= 0.6 is 0 Å². The summed E-state index contributed by atoms with van der Waals surface area (Å²) in [6.45, 7) is 2.70. The second-order valence-corrected chi connectivity index (χ2v) is 8.87. The van der Waals surface area contributed by atoms with Gasteiger partial charge in [-0.2, -0.15) is 0 Å². The van der Waals surface area contributed by atoms with Gasteiger partial charge in [-0.3, -0.25) is 9.10 Å². The van der Waals surface area contributed by atoms with E-state index in [0.29, 0.717) is 12.2 Å². The van der Waals surface area contributed by atoms with Gasteiger partial charge in [-0.05, 0) is 56.4 Å². The van der Waals surface area contributed by atoms with E-state index in [1.54, 1.807) is 0 Å². The van der Waals surface area contributed by atoms with Crippen LogP contribution in [0.5, 0.6) is 0 Å². The van der Waals surface area contributed by atoms with Crippen LogP contribution in [0.4, 0.5) is 11.4 Å². The van der Waals surface area contributed by atoms with Gasteiger partial charge in [0, 0.05) is 31.2 Å². The highest BCUT2D eigenvalue weighted by molar-refractivity contribution is 7.92. The zero-order valence-corrected chi connectivity index (χ0v) is 15.6. The van der Waals surface area contributed by atoms with Crippen LogP contribution in [0.25, 0.3) is 0 Å². The summed E-state index contributed by atoms with van der Waals surface area (Å²) < 4.78 is 25.6. The van der Waals surface area contributed by atoms with Crippen LogP contribution in [-0.2, 0) is 14.8 Å². The molecule has 1 saturated heterocycles. The highest BCUT2D eigenvalue weighted by Crippen LogP contribution is 2.28. The van der Waals surface area contributed by atoms with Crippen molar-refractivity contribution >= 4 is 27.3 Å². The number of hydrogen-bond acceptors (Lipinski definition) is 4. The smallest absolute Gasteiger partial charge is 0.232 e. The van der Waals surface area contributed by atoms with Crippen LogP contribution < -0.4 is 14.5 Å². The van der Waals surface area contributed by atoms with Crippen molar-refractivity contribution < 1.29 is 13.2 Å². The SMILES string of the molecule is CS(=O)(=O)N(CCNC(=O)C1CC1)c1ccc(N2CCCCC2)cc1. The molecule has 1 heterocycles. The lowest BCUT2D eigenvalue weighted by Gasteiger charge is -2.29. The van der Waals surface area contributed by atoms with Gasteiger partial charge in [-0.1, -0.05) is 0 Å². The Labute approximate surface area is 150 Å². The summed E-state index contributed by atoms with van der Waals surface area (Å²) in [7, 11) is -3.39. The average Bonchev–Trinajstić information content (AvgIpc) is 3.44. The molecule has 1 aromatic rings. The van der Waals surface area contributed by atoms with Crippen LogP contribution in [0.15, 0.2) is 24.3 Å². The molecule has 1 aliphatic heterocycles. The average molecular weight is 365 g/mol. The van der Waals surface area contributed by atoms with E-state index in [1.807, 2.05) is 24.3 Å². The van der Waals surface area contributed by atoms with Gasteiger partial charge in [0.05, 0.1) is 18.5 Å². The Kier molecular flexibility index (Phi) is 5.51. The van der Waals surface area contributed by atoms with Gasteiger partial charge in [0.15, 0.2) is 0 Å². The normalized spacial score (nSPS) is 18.0. The maximum atomic E-state index is 12.1. The predicted molar refractivity (Wildman–Crippen MR) is 100 cm³/mol. The summed E-state index contributed by atoms with van der Waals surface area (Å²) in [6.07, 6.45) is 6.78. The first-order chi connectivity index (χ1) is 11.9. The van der Waals surface area contributed by atoms with Gasteiger partial charge in [0.25, 0.3) is 0 Å². The molecule has 0 unspecified atom stereocenters. The molecule has 1 N–H and O–H groups in total. The van der Waals surface area contributed by atoms with Gasteiger partial charge in [-0.15, -0.1) is 0 Å². The minimum atomic E-state index is -3.39. The third kappa shape index (κ3) is 4.87. The molecular weight excluding hydrogens is 338 g/mol. The molecule has 2 fully saturated rings. The highest BCUT2D eigenvalue weighted by atomic mass is 32.2. The second-order valence-electron chi connectivity index (χ2n) is 6.96. The lowest BCUT2D eigenvalue weighted by atomic mass is 10.1. The van der Waals surface area contributed by atoms with Gasteiger partial charge < -0.3 is 10.2 Å². The first-order valence-electron chi connectivity index (χ1n) is 9.05. The zero-order valence-electron chi connectivity index (χ0n) is 14.8. The van der Waals surface area contributed by atoms with Crippen molar-refractivity contribution in [1.29, 1.82) is 0 Å². The van der Waals surface area contributed by atoms with Crippen molar-refractivity contribution in [3.63, 3.8) is 0 Å². The fraction of sp³-hybridized carbons (Fsp3) is 0.611. The summed E-state index contributed by atoms with van der Waals surface area (Å²) in [5, 5.41) is 2.83. The molecule has 0 bridgehead atoms. The highest BCUT2D eigenvalue weighted by Gasteiger charge is 2.29. The second kappa shape index (κ2) is 7.64. The first-order valence-corrected chi connectivity index (χ1v) is 10.9. The van der Waals surface area contributed by atoms with Gasteiger partial charge in [-0.25, -0.2) is 8.42 Å². The Hall–Kier alpha value is -1.76. The van der Waals surface area contributed by atoms with E-state index in [9.17, 15) is 13.2 Å². The number of nitrogens with zero attached hydrogens (tertiary/aromatic N) is 2. The third-order valence-corrected chi connectivity index (χ3v) is 6.02. The molecule has 3 rings (SSSR count). The quantitative estimate of drug-likeness (QED) is 0.802. The van der Waals surface area contributed by atoms with Crippen molar-refractivity contribution in [2.45, 2.75) is 32.1 Å². The molecule has 0 aromatic heterocycles. The number of anilines is 2. The number of piperidine rings is 1. The number of hydrogen-bond donors (Lipinski definition) is 1. The van der Waals surface area contributed by atoms with Crippen LogP contribution in [-0.4, -0.2) is 46.8 Å². The molecule has 1 amide bonds. The van der Waals surface area contributed by atoms with E-state index in [0.717, 1.165) is 31.6 Å². The van der Waals surface area contributed by atoms with Gasteiger partial charge >= 0.3 is 0 Å². The number of benzene rings is 1. The standard InChI is InChI=1S/C18H27N3O3S/c1-25(23,24)21(14-11-19-18(22)15-5-6-15)17-9-7-16(8-10-17)20-12-3-2-4-13-20/h7-10,15H,2-6,11-14H2,1H3,(H,19,22). The van der Waals surface area contributed by atoms with E-state index in [-0.39, 0.29) is 18.4 Å². The number of amides is 1. The zero-order chi connectivity index (χ0) is 17.9. The van der Waals surface area contributed by atoms with E-state index in [2.05, 4.69) is 10.2 Å². The number of nitrogens with one attached hydrogen (secondary N) is 1. The molecule has 2 aliphatic rings. The molecule has 1 saturated carbocycles. The van der Waals surface area contributed by atoms with Crippen molar-refractivity contribution in [2.75, 3.05) is 41.6 Å². The van der Waals surface area contributed by atoms with Crippen molar-refractivity contribution in [3.05, 3.63) is 24.3 Å². The molecule has 1 aromatic carbocycles. The molecule has 0 spiro atoms. The maximum absolute atomic E-state index is 12.1. The maximum Gasteiger partial charge on any atom is 0.232 e. The third-order valence-electron chi connectivity index (χ3n) is 4.82. The lowest BCUT2D eigenvalue weighted by molar-refractivity contribution is -0.122. The molecular formula is C18H27N3O3S. The Bertz CT molecular complexity index is 693. The largest absolute Gasteiger partial charge is 0.372 e. The van der Waals surface area contributed by atoms with Crippen molar-refractivity contribution in [2.24, 2.45) is 5.92 Å². The summed E-state index contributed by atoms with van der Waals surface area (Å²) in [5.41, 5.74) is 1.78. The monoisotopic (exact) mass is 365 g/mol. The number of carbonyl (C=O) groups excluding carboxylic acids is 1. The summed E-state index contributed by atoms with van der Waals surface area (Å²) in [6, 6.07) is 7.69. The van der Waals surface area contributed by atoms with E-state index >= 15 is 0 Å². The minimum absolute atomic E-state index is 0.0360. The summed E-state index contributed by atoms with van der Waals surface area (Å²) in [5.74, 6) is 0.171. The predicted octanol–water partition coefficient (Wildman–Crippen LogP) is 1.97. The summed E-state index contributed by atoms with van der Waals surface area (Å²) in [4.78, 5) is 14.0. The number of rotatable bonds is 7. The van der Waals surface area contributed by atoms with E-state index in [1.165, 1.54) is 29.8 Å². The van der Waals surface area contributed by atoms with Crippen LogP contribution in [0.2, 0.25) is 0 Å². The van der Waals surface area contributed by atoms with E-state index < -0.39 is 10.0 Å². The van der Waals surface area contributed by atoms with Gasteiger partial charge in [0.1, 0.15) is 0 Å². The van der Waals surface area contributed by atoms with Crippen LogP contribution in [0.3, 0.4) is 0 Å². The molecule has 0 radical (unpaired) electrons. The molecule has 138 valence electrons. The van der Waals surface area contributed by atoms with E-state index in [4.69, 9.17) is 0 Å². The topological polar surface area (TPSA) is 69.7 Å².